The summed E-state index contributed by atoms with van der Waals surface area (Å²) in [6.45, 7) is 1.60. The number of hydrogen-bond donors (Lipinski definition) is 1. The van der Waals surface area contributed by atoms with Gasteiger partial charge in [0.05, 0.1) is 16.0 Å². The van der Waals surface area contributed by atoms with E-state index in [2.05, 4.69) is 21.4 Å². The molecule has 0 unspecified atom stereocenters. The molecule has 1 atom stereocenters. The smallest absolute Gasteiger partial charge is 0.272 e. The molecule has 0 saturated heterocycles. The lowest BCUT2D eigenvalue weighted by atomic mass is 10.1. The molecule has 0 bridgehead atoms. The van der Waals surface area contributed by atoms with Crippen molar-refractivity contribution < 1.29 is 14.4 Å². The number of imide groups is 1. The highest BCUT2D eigenvalue weighted by Gasteiger charge is 2.36. The van der Waals surface area contributed by atoms with Gasteiger partial charge in [-0.1, -0.05) is 28.1 Å². The van der Waals surface area contributed by atoms with Crippen molar-refractivity contribution >= 4 is 33.7 Å². The van der Waals surface area contributed by atoms with E-state index in [-0.39, 0.29) is 0 Å². The van der Waals surface area contributed by atoms with Gasteiger partial charge in [0.15, 0.2) is 0 Å². The van der Waals surface area contributed by atoms with Crippen molar-refractivity contribution in [3.8, 4) is 0 Å². The van der Waals surface area contributed by atoms with Crippen molar-refractivity contribution in [1.29, 1.82) is 0 Å². The predicted molar refractivity (Wildman–Crippen MR) is 63.5 cm³/mol. The minimum Gasteiger partial charge on any atom is -0.272 e. The second kappa shape index (κ2) is 4.29. The van der Waals surface area contributed by atoms with Crippen molar-refractivity contribution in [2.24, 2.45) is 0 Å². The Bertz CT molecular complexity index is 478. The summed E-state index contributed by atoms with van der Waals surface area (Å²) < 4.78 is 0. The van der Waals surface area contributed by atoms with E-state index in [1.807, 2.05) is 0 Å². The third-order valence-electron chi connectivity index (χ3n) is 2.38. The third kappa shape index (κ3) is 1.95. The second-order valence-corrected chi connectivity index (χ2v) is 4.96. The van der Waals surface area contributed by atoms with Crippen LogP contribution in [0.25, 0.3) is 0 Å². The first-order valence-corrected chi connectivity index (χ1v) is 5.86. The number of hydrogen-bond acceptors (Lipinski definition) is 3. The van der Waals surface area contributed by atoms with Crippen LogP contribution >= 0.6 is 15.9 Å². The van der Waals surface area contributed by atoms with Crippen molar-refractivity contribution in [3.63, 3.8) is 0 Å². The quantitative estimate of drug-likeness (QED) is 0.656. The van der Waals surface area contributed by atoms with E-state index in [9.17, 15) is 14.4 Å². The highest BCUT2D eigenvalue weighted by Crippen LogP contribution is 2.20. The highest BCUT2D eigenvalue weighted by molar-refractivity contribution is 9.10. The van der Waals surface area contributed by atoms with Gasteiger partial charge >= 0.3 is 0 Å². The molecule has 17 heavy (non-hydrogen) atoms. The largest absolute Gasteiger partial charge is 0.280 e. The molecule has 0 spiro atoms. The fourth-order valence-electron chi connectivity index (χ4n) is 1.49. The van der Waals surface area contributed by atoms with Gasteiger partial charge in [0.2, 0.25) is 0 Å². The van der Waals surface area contributed by atoms with E-state index in [4.69, 9.17) is 0 Å². The summed E-state index contributed by atoms with van der Waals surface area (Å²) in [6, 6.07) is 6.45. The number of amides is 3. The zero-order valence-electron chi connectivity index (χ0n) is 8.94. The third-order valence-corrected chi connectivity index (χ3v) is 2.79. The monoisotopic (exact) mass is 296 g/mol. The molecule has 2 rings (SSSR count). The molecule has 1 aliphatic rings. The lowest BCUT2D eigenvalue weighted by Crippen LogP contribution is -2.48. The minimum atomic E-state index is -0.507. The number of benzene rings is 1. The van der Waals surface area contributed by atoms with Crippen LogP contribution in [0, 0.1) is 0 Å². The number of rotatable bonds is 2. The van der Waals surface area contributed by atoms with Crippen molar-refractivity contribution in [2.75, 3.05) is 0 Å². The van der Waals surface area contributed by atoms with E-state index in [0.717, 1.165) is 5.01 Å². The van der Waals surface area contributed by atoms with Crippen LogP contribution in [0.1, 0.15) is 27.6 Å². The first kappa shape index (κ1) is 11.8. The van der Waals surface area contributed by atoms with Crippen LogP contribution in [0.4, 0.5) is 0 Å². The standard InChI is InChI=1S/C11H9BrN2O3/c1-6(12)9(15)13-14-10(16)7-4-2-3-5-8(7)11(14)17/h2-6H,1H3,(H,13,15)/t6-/m1/s1. The van der Waals surface area contributed by atoms with E-state index >= 15 is 0 Å². The molecule has 0 radical (unpaired) electrons. The Morgan fingerprint density at radius 3 is 2.12 bits per heavy atom. The van der Waals surface area contributed by atoms with Crippen LogP contribution in [-0.4, -0.2) is 27.6 Å². The van der Waals surface area contributed by atoms with E-state index in [1.54, 1.807) is 31.2 Å². The molecule has 1 aromatic rings. The molecule has 5 nitrogen and oxygen atoms in total. The molecule has 1 heterocycles. The molecule has 1 N–H and O–H groups in total. The van der Waals surface area contributed by atoms with Gasteiger partial charge in [-0.3, -0.25) is 19.8 Å². The molecule has 1 aromatic carbocycles. The molecule has 88 valence electrons. The molecule has 0 aliphatic carbocycles. The maximum atomic E-state index is 11.8. The van der Waals surface area contributed by atoms with Gasteiger partial charge < -0.3 is 0 Å². The summed E-state index contributed by atoms with van der Waals surface area (Å²) in [4.78, 5) is 34.6. The molecule has 3 amide bonds. The molecule has 6 heteroatoms. The van der Waals surface area contributed by atoms with Gasteiger partial charge in [0, 0.05) is 0 Å². The fourth-order valence-corrected chi connectivity index (χ4v) is 1.59. The first-order chi connectivity index (χ1) is 8.02. The maximum absolute atomic E-state index is 11.8. The van der Waals surface area contributed by atoms with Gasteiger partial charge in [-0.2, -0.15) is 5.01 Å². The average Bonchev–Trinajstić information content (AvgIpc) is 2.55. The number of halogens is 1. The summed E-state index contributed by atoms with van der Waals surface area (Å²) in [6.07, 6.45) is 0. The summed E-state index contributed by atoms with van der Waals surface area (Å²) >= 11 is 3.06. The summed E-state index contributed by atoms with van der Waals surface area (Å²) in [5.41, 5.74) is 2.88. The molecular weight excluding hydrogens is 288 g/mol. The van der Waals surface area contributed by atoms with Crippen molar-refractivity contribution in [2.45, 2.75) is 11.8 Å². The number of nitrogens with one attached hydrogen (secondary N) is 1. The summed E-state index contributed by atoms with van der Waals surface area (Å²) in [7, 11) is 0. The van der Waals surface area contributed by atoms with Gasteiger partial charge in [-0.15, -0.1) is 0 Å². The number of fused-ring (bicyclic) bond motifs is 1. The number of alkyl halides is 1. The Hall–Kier alpha value is -1.69. The molecule has 0 fully saturated rings. The second-order valence-electron chi connectivity index (χ2n) is 3.58. The van der Waals surface area contributed by atoms with Crippen molar-refractivity contribution in [3.05, 3.63) is 35.4 Å². The molecule has 0 saturated carbocycles. The number of hydrazine groups is 1. The Morgan fingerprint density at radius 2 is 1.71 bits per heavy atom. The Morgan fingerprint density at radius 1 is 1.24 bits per heavy atom. The van der Waals surface area contributed by atoms with E-state index in [0.29, 0.717) is 11.1 Å². The highest BCUT2D eigenvalue weighted by atomic mass is 79.9. The Balaban J connectivity index is 2.28. The van der Waals surface area contributed by atoms with Gasteiger partial charge in [-0.25, -0.2) is 0 Å². The zero-order chi connectivity index (χ0) is 12.6. The lowest BCUT2D eigenvalue weighted by Gasteiger charge is -2.15. The number of carbonyl (C=O) groups is 3. The summed E-state index contributed by atoms with van der Waals surface area (Å²) in [5, 5.41) is 0.741. The zero-order valence-corrected chi connectivity index (χ0v) is 10.5. The number of nitrogens with zero attached hydrogens (tertiary/aromatic N) is 1. The van der Waals surface area contributed by atoms with E-state index < -0.39 is 22.5 Å². The van der Waals surface area contributed by atoms with E-state index in [1.165, 1.54) is 0 Å². The van der Waals surface area contributed by atoms with Crippen LogP contribution in [0.15, 0.2) is 24.3 Å². The predicted octanol–water partition coefficient (Wildman–Crippen LogP) is 1.10. The topological polar surface area (TPSA) is 66.5 Å². The minimum absolute atomic E-state index is 0.306. The van der Waals surface area contributed by atoms with Crippen LogP contribution in [0.3, 0.4) is 0 Å². The summed E-state index contributed by atoms with van der Waals surface area (Å²) in [5.74, 6) is -1.46. The van der Waals surface area contributed by atoms with Crippen LogP contribution in [-0.2, 0) is 4.79 Å². The van der Waals surface area contributed by atoms with Crippen LogP contribution in [0.5, 0.6) is 0 Å². The normalized spacial score (nSPS) is 15.8. The van der Waals surface area contributed by atoms with Gasteiger partial charge in [0.25, 0.3) is 17.7 Å². The van der Waals surface area contributed by atoms with Crippen LogP contribution in [0.2, 0.25) is 0 Å². The van der Waals surface area contributed by atoms with Gasteiger partial charge in [-0.05, 0) is 19.1 Å². The van der Waals surface area contributed by atoms with Crippen molar-refractivity contribution in [1.82, 2.24) is 10.4 Å². The number of carbonyl (C=O) groups excluding carboxylic acids is 3. The average molecular weight is 297 g/mol. The molecule has 1 aliphatic heterocycles. The lowest BCUT2D eigenvalue weighted by molar-refractivity contribution is -0.123. The van der Waals surface area contributed by atoms with Crippen LogP contribution < -0.4 is 5.43 Å². The first-order valence-electron chi connectivity index (χ1n) is 4.94. The Kier molecular flexibility index (Phi) is 2.97. The Labute approximate surface area is 106 Å². The maximum Gasteiger partial charge on any atom is 0.280 e. The fraction of sp³-hybridized carbons (Fsp3) is 0.182. The molecular formula is C11H9BrN2O3. The SMILES string of the molecule is C[C@@H](Br)C(=O)NN1C(=O)c2ccccc2C1=O. The molecule has 0 aromatic heterocycles. The van der Waals surface area contributed by atoms with Gasteiger partial charge in [0.1, 0.15) is 0 Å².